The van der Waals surface area contributed by atoms with Crippen molar-refractivity contribution in [1.29, 1.82) is 0 Å². The van der Waals surface area contributed by atoms with E-state index in [1.54, 1.807) is 55.6 Å². The molecule has 2 N–H and O–H groups in total. The van der Waals surface area contributed by atoms with Gasteiger partial charge in [-0.15, -0.1) is 0 Å². The van der Waals surface area contributed by atoms with Gasteiger partial charge in [-0.25, -0.2) is 4.79 Å². The summed E-state index contributed by atoms with van der Waals surface area (Å²) < 4.78 is 10.3. The highest BCUT2D eigenvalue weighted by Gasteiger charge is 2.22. The molecule has 21 heavy (non-hydrogen) atoms. The number of hydrogen-bond acceptors (Lipinski definition) is 4. The van der Waals surface area contributed by atoms with Gasteiger partial charge in [0.05, 0.1) is 14.2 Å². The van der Waals surface area contributed by atoms with Crippen LogP contribution in [0.4, 0.5) is 5.69 Å². The lowest BCUT2D eigenvalue weighted by atomic mass is 10.1. The monoisotopic (exact) mass is 287 g/mol. The topological polar surface area (TPSA) is 67.8 Å². The normalized spacial score (nSPS) is 11.5. The minimum Gasteiger partial charge on any atom is -0.497 e. The lowest BCUT2D eigenvalue weighted by molar-refractivity contribution is -0.138. The van der Waals surface area contributed by atoms with Crippen molar-refractivity contribution in [1.82, 2.24) is 0 Å². The molecule has 0 aliphatic heterocycles. The van der Waals surface area contributed by atoms with Gasteiger partial charge >= 0.3 is 5.97 Å². The van der Waals surface area contributed by atoms with Gasteiger partial charge in [-0.2, -0.15) is 0 Å². The second-order valence-electron chi connectivity index (χ2n) is 4.39. The van der Waals surface area contributed by atoms with Gasteiger partial charge in [0.1, 0.15) is 11.5 Å². The molecule has 0 saturated carbocycles. The van der Waals surface area contributed by atoms with Crippen LogP contribution in [0.25, 0.3) is 0 Å². The van der Waals surface area contributed by atoms with E-state index in [1.165, 1.54) is 7.11 Å². The highest BCUT2D eigenvalue weighted by atomic mass is 16.5. The summed E-state index contributed by atoms with van der Waals surface area (Å²) in [5.41, 5.74) is 1.26. The summed E-state index contributed by atoms with van der Waals surface area (Å²) in [5, 5.41) is 12.5. The van der Waals surface area contributed by atoms with Crippen molar-refractivity contribution in [2.45, 2.75) is 6.04 Å². The van der Waals surface area contributed by atoms with E-state index in [2.05, 4.69) is 5.32 Å². The fourth-order valence-corrected chi connectivity index (χ4v) is 2.03. The van der Waals surface area contributed by atoms with Crippen molar-refractivity contribution in [2.24, 2.45) is 0 Å². The van der Waals surface area contributed by atoms with Crippen LogP contribution in [0.3, 0.4) is 0 Å². The van der Waals surface area contributed by atoms with Gasteiger partial charge < -0.3 is 19.9 Å². The molecule has 0 saturated heterocycles. The Labute approximate surface area is 123 Å². The predicted molar refractivity (Wildman–Crippen MR) is 80.0 cm³/mol. The molecule has 110 valence electrons. The number of methoxy groups -OCH3 is 2. The molecule has 1 unspecified atom stereocenters. The maximum absolute atomic E-state index is 11.6. The number of carboxylic acids is 1. The maximum Gasteiger partial charge on any atom is 0.330 e. The summed E-state index contributed by atoms with van der Waals surface area (Å²) in [4.78, 5) is 11.6. The molecule has 0 fully saturated rings. The second kappa shape index (κ2) is 6.65. The van der Waals surface area contributed by atoms with E-state index >= 15 is 0 Å². The first-order valence-corrected chi connectivity index (χ1v) is 6.42. The SMILES string of the molecule is COc1ccc(NC(C(=O)O)c2ccccc2OC)cc1. The average Bonchev–Trinajstić information content (AvgIpc) is 2.53. The van der Waals surface area contributed by atoms with E-state index in [-0.39, 0.29) is 0 Å². The molecule has 2 aromatic rings. The van der Waals surface area contributed by atoms with E-state index in [9.17, 15) is 9.90 Å². The molecule has 2 aromatic carbocycles. The van der Waals surface area contributed by atoms with Gasteiger partial charge in [0, 0.05) is 11.3 Å². The lowest BCUT2D eigenvalue weighted by Gasteiger charge is -2.18. The van der Waals surface area contributed by atoms with Crippen LogP contribution in [0.5, 0.6) is 11.5 Å². The fraction of sp³-hybridized carbons (Fsp3) is 0.188. The van der Waals surface area contributed by atoms with Crippen LogP contribution in [-0.2, 0) is 4.79 Å². The molecule has 0 aromatic heterocycles. The van der Waals surface area contributed by atoms with Crippen molar-refractivity contribution in [3.63, 3.8) is 0 Å². The minimum atomic E-state index is -0.977. The van der Waals surface area contributed by atoms with Gasteiger partial charge in [-0.05, 0) is 30.3 Å². The Morgan fingerprint density at radius 1 is 1.05 bits per heavy atom. The van der Waals surface area contributed by atoms with Crippen molar-refractivity contribution in [3.8, 4) is 11.5 Å². The van der Waals surface area contributed by atoms with Gasteiger partial charge in [0.2, 0.25) is 0 Å². The van der Waals surface area contributed by atoms with E-state index in [1.807, 2.05) is 0 Å². The lowest BCUT2D eigenvalue weighted by Crippen LogP contribution is -2.21. The number of ether oxygens (including phenoxy) is 2. The molecule has 2 rings (SSSR count). The van der Waals surface area contributed by atoms with E-state index < -0.39 is 12.0 Å². The number of rotatable bonds is 6. The van der Waals surface area contributed by atoms with Crippen molar-refractivity contribution in [2.75, 3.05) is 19.5 Å². The summed E-state index contributed by atoms with van der Waals surface area (Å²) in [5.74, 6) is 0.269. The van der Waals surface area contributed by atoms with Crippen LogP contribution < -0.4 is 14.8 Å². The predicted octanol–water partition coefficient (Wildman–Crippen LogP) is 2.94. The summed E-state index contributed by atoms with van der Waals surface area (Å²) in [6.07, 6.45) is 0. The molecule has 0 bridgehead atoms. The average molecular weight is 287 g/mol. The van der Waals surface area contributed by atoms with Crippen LogP contribution >= 0.6 is 0 Å². The van der Waals surface area contributed by atoms with Crippen LogP contribution in [0.1, 0.15) is 11.6 Å². The maximum atomic E-state index is 11.6. The first kappa shape index (κ1) is 14.7. The molecule has 0 aliphatic carbocycles. The summed E-state index contributed by atoms with van der Waals surface area (Å²) in [6.45, 7) is 0. The standard InChI is InChI=1S/C16H17NO4/c1-20-12-9-7-11(8-10-12)17-15(16(18)19)13-5-3-4-6-14(13)21-2/h3-10,15,17H,1-2H3,(H,18,19). The van der Waals surface area contributed by atoms with Crippen LogP contribution in [0.15, 0.2) is 48.5 Å². The number of carbonyl (C=O) groups is 1. The zero-order valence-corrected chi connectivity index (χ0v) is 11.9. The third-order valence-corrected chi connectivity index (χ3v) is 3.10. The Morgan fingerprint density at radius 2 is 1.71 bits per heavy atom. The Kier molecular flexibility index (Phi) is 4.66. The zero-order valence-electron chi connectivity index (χ0n) is 11.9. The van der Waals surface area contributed by atoms with Crippen LogP contribution in [-0.4, -0.2) is 25.3 Å². The first-order valence-electron chi connectivity index (χ1n) is 6.42. The number of benzene rings is 2. The highest BCUT2D eigenvalue weighted by molar-refractivity contribution is 5.80. The second-order valence-corrected chi connectivity index (χ2v) is 4.39. The van der Waals surface area contributed by atoms with Crippen molar-refractivity contribution in [3.05, 3.63) is 54.1 Å². The molecule has 0 heterocycles. The molecule has 0 amide bonds. The first-order chi connectivity index (χ1) is 10.2. The fourth-order valence-electron chi connectivity index (χ4n) is 2.03. The number of hydrogen-bond donors (Lipinski definition) is 2. The molecular formula is C16H17NO4. The van der Waals surface area contributed by atoms with Gasteiger partial charge in [-0.1, -0.05) is 18.2 Å². The number of aliphatic carboxylic acids is 1. The Hall–Kier alpha value is -2.69. The quantitative estimate of drug-likeness (QED) is 0.855. The molecular weight excluding hydrogens is 270 g/mol. The Morgan fingerprint density at radius 3 is 2.29 bits per heavy atom. The van der Waals surface area contributed by atoms with E-state index in [4.69, 9.17) is 9.47 Å². The third kappa shape index (κ3) is 3.45. The largest absolute Gasteiger partial charge is 0.497 e. The minimum absolute atomic E-state index is 0.533. The van der Waals surface area contributed by atoms with Gasteiger partial charge in [0.25, 0.3) is 0 Å². The summed E-state index contributed by atoms with van der Waals surface area (Å²) in [7, 11) is 3.10. The third-order valence-electron chi connectivity index (χ3n) is 3.10. The van der Waals surface area contributed by atoms with Crippen molar-refractivity contribution < 1.29 is 19.4 Å². The zero-order chi connectivity index (χ0) is 15.2. The van der Waals surface area contributed by atoms with E-state index in [0.717, 1.165) is 0 Å². The molecule has 1 atom stereocenters. The number of anilines is 1. The molecule has 0 aliphatic rings. The van der Waals surface area contributed by atoms with Gasteiger partial charge in [0.15, 0.2) is 6.04 Å². The molecule has 0 spiro atoms. The van der Waals surface area contributed by atoms with Crippen LogP contribution in [0, 0.1) is 0 Å². The Balaban J connectivity index is 2.28. The molecule has 5 heteroatoms. The summed E-state index contributed by atoms with van der Waals surface area (Å²) >= 11 is 0. The van der Waals surface area contributed by atoms with Crippen molar-refractivity contribution >= 4 is 11.7 Å². The van der Waals surface area contributed by atoms with E-state index in [0.29, 0.717) is 22.7 Å². The van der Waals surface area contributed by atoms with Gasteiger partial charge in [-0.3, -0.25) is 0 Å². The highest BCUT2D eigenvalue weighted by Crippen LogP contribution is 2.28. The molecule has 5 nitrogen and oxygen atoms in total. The number of nitrogens with one attached hydrogen (secondary N) is 1. The Bertz CT molecular complexity index is 610. The number of carboxylic acid groups (broad SMARTS) is 1. The number of para-hydroxylation sites is 1. The molecule has 0 radical (unpaired) electrons. The summed E-state index contributed by atoms with van der Waals surface area (Å²) in [6, 6.07) is 13.2. The van der Waals surface area contributed by atoms with Crippen LogP contribution in [0.2, 0.25) is 0 Å². The smallest absolute Gasteiger partial charge is 0.330 e.